The van der Waals surface area contributed by atoms with Gasteiger partial charge in [0.15, 0.2) is 5.78 Å². The van der Waals surface area contributed by atoms with Crippen molar-refractivity contribution in [2.45, 2.75) is 39.2 Å². The fourth-order valence-corrected chi connectivity index (χ4v) is 5.94. The van der Waals surface area contributed by atoms with Crippen LogP contribution in [0.5, 0.6) is 17.2 Å². The fraction of sp³-hybridized carbons (Fsp3) is 0.353. The number of benzene rings is 3. The standard InChI is InChI=1S/C34H39N3O5/c1-34(2)19-27-32(29(38)20-34)33(25-15-14-24(41-4)18-30(25)42-5)37(28-9-7-6-8-26(28)36-27)21-31(39)35-17-16-22-10-12-23(40-3)13-11-22/h6-15,18,33,36H,16-17,19-21H2,1-5H3,(H,35,39). The highest BCUT2D eigenvalue weighted by Crippen LogP contribution is 2.49. The van der Waals surface area contributed by atoms with Gasteiger partial charge in [-0.15, -0.1) is 0 Å². The van der Waals surface area contributed by atoms with Crippen LogP contribution in [0.1, 0.15) is 43.9 Å². The number of hydrogen-bond acceptors (Lipinski definition) is 7. The van der Waals surface area contributed by atoms with Gasteiger partial charge < -0.3 is 29.7 Å². The van der Waals surface area contributed by atoms with E-state index in [9.17, 15) is 9.59 Å². The third-order valence-corrected chi connectivity index (χ3v) is 7.95. The van der Waals surface area contributed by atoms with Crippen molar-refractivity contribution >= 4 is 23.1 Å². The predicted molar refractivity (Wildman–Crippen MR) is 164 cm³/mol. The first-order valence-corrected chi connectivity index (χ1v) is 14.2. The third-order valence-electron chi connectivity index (χ3n) is 7.95. The molecule has 0 spiro atoms. The number of carbonyl (C=O) groups is 2. The number of rotatable bonds is 9. The van der Waals surface area contributed by atoms with Crippen molar-refractivity contribution in [1.82, 2.24) is 5.32 Å². The molecule has 0 saturated heterocycles. The Morgan fingerprint density at radius 2 is 1.67 bits per heavy atom. The van der Waals surface area contributed by atoms with Crippen LogP contribution in [0.3, 0.4) is 0 Å². The zero-order valence-corrected chi connectivity index (χ0v) is 25.0. The lowest BCUT2D eigenvalue weighted by molar-refractivity contribution is -0.120. The molecule has 1 amide bonds. The van der Waals surface area contributed by atoms with Crippen molar-refractivity contribution in [3.63, 3.8) is 0 Å². The SMILES string of the molecule is COc1ccc(CCNC(=O)CN2c3ccccc3NC3=C(C(=O)CC(C)(C)C3)C2c2ccc(OC)cc2OC)cc1. The second-order valence-corrected chi connectivity index (χ2v) is 11.6. The number of allylic oxidation sites excluding steroid dienone is 1. The maximum atomic E-state index is 14.0. The summed E-state index contributed by atoms with van der Waals surface area (Å²) in [4.78, 5) is 29.5. The number of fused-ring (bicyclic) bond motifs is 1. The van der Waals surface area contributed by atoms with Gasteiger partial charge in [-0.1, -0.05) is 38.1 Å². The molecule has 1 aliphatic carbocycles. The van der Waals surface area contributed by atoms with E-state index in [1.54, 1.807) is 21.3 Å². The highest BCUT2D eigenvalue weighted by molar-refractivity contribution is 6.02. The predicted octanol–water partition coefficient (Wildman–Crippen LogP) is 5.69. The monoisotopic (exact) mass is 569 g/mol. The average molecular weight is 570 g/mol. The van der Waals surface area contributed by atoms with E-state index >= 15 is 0 Å². The Labute approximate surface area is 247 Å². The summed E-state index contributed by atoms with van der Waals surface area (Å²) in [5.74, 6) is 1.97. The summed E-state index contributed by atoms with van der Waals surface area (Å²) in [7, 11) is 4.86. The Balaban J connectivity index is 1.53. The Bertz CT molecular complexity index is 1500. The second kappa shape index (κ2) is 12.2. The minimum atomic E-state index is -0.548. The number of anilines is 2. The molecule has 2 N–H and O–H groups in total. The summed E-state index contributed by atoms with van der Waals surface area (Å²) in [6.45, 7) is 4.76. The van der Waals surface area contributed by atoms with Gasteiger partial charge in [0.1, 0.15) is 17.2 Å². The van der Waals surface area contributed by atoms with E-state index in [0.29, 0.717) is 42.9 Å². The number of hydrogen-bond donors (Lipinski definition) is 2. The molecule has 0 fully saturated rings. The van der Waals surface area contributed by atoms with Crippen molar-refractivity contribution in [3.8, 4) is 17.2 Å². The van der Waals surface area contributed by atoms with E-state index in [4.69, 9.17) is 14.2 Å². The molecule has 0 radical (unpaired) electrons. The molecule has 220 valence electrons. The Kier molecular flexibility index (Phi) is 8.43. The Morgan fingerprint density at radius 3 is 2.38 bits per heavy atom. The van der Waals surface area contributed by atoms with Gasteiger partial charge >= 0.3 is 0 Å². The van der Waals surface area contributed by atoms with Crippen LogP contribution < -0.4 is 29.7 Å². The van der Waals surface area contributed by atoms with Crippen molar-refractivity contribution < 1.29 is 23.8 Å². The molecule has 8 heteroatoms. The summed E-state index contributed by atoms with van der Waals surface area (Å²) >= 11 is 0. The number of nitrogens with one attached hydrogen (secondary N) is 2. The van der Waals surface area contributed by atoms with E-state index in [-0.39, 0.29) is 23.7 Å². The average Bonchev–Trinajstić information content (AvgIpc) is 3.10. The number of ketones is 1. The number of Topliss-reactive ketones (excluding diaryl/α,β-unsaturated/α-hetero) is 1. The maximum Gasteiger partial charge on any atom is 0.239 e. The summed E-state index contributed by atoms with van der Waals surface area (Å²) in [5.41, 5.74) is 4.95. The Hall–Kier alpha value is -4.46. The molecule has 0 bridgehead atoms. The number of carbonyl (C=O) groups excluding carboxylic acids is 2. The van der Waals surface area contributed by atoms with Crippen LogP contribution in [-0.4, -0.2) is 46.1 Å². The molecule has 5 rings (SSSR count). The van der Waals surface area contributed by atoms with Gasteiger partial charge in [-0.05, 0) is 60.2 Å². The quantitative estimate of drug-likeness (QED) is 0.342. The number of nitrogens with zero attached hydrogens (tertiary/aromatic N) is 1. The zero-order valence-electron chi connectivity index (χ0n) is 25.0. The molecule has 2 aliphatic rings. The molecule has 3 aromatic carbocycles. The van der Waals surface area contributed by atoms with E-state index < -0.39 is 6.04 Å². The molecule has 1 heterocycles. The first kappa shape index (κ1) is 29.0. The summed E-state index contributed by atoms with van der Waals surface area (Å²) < 4.78 is 16.5. The van der Waals surface area contributed by atoms with Crippen molar-refractivity contribution in [1.29, 1.82) is 0 Å². The van der Waals surface area contributed by atoms with Crippen LogP contribution in [0, 0.1) is 5.41 Å². The molecular weight excluding hydrogens is 530 g/mol. The highest BCUT2D eigenvalue weighted by Gasteiger charge is 2.42. The van der Waals surface area contributed by atoms with Gasteiger partial charge in [0.05, 0.1) is 45.3 Å². The van der Waals surface area contributed by atoms with Crippen molar-refractivity contribution in [3.05, 3.63) is 89.1 Å². The smallest absolute Gasteiger partial charge is 0.239 e. The third kappa shape index (κ3) is 6.08. The van der Waals surface area contributed by atoms with E-state index in [1.807, 2.05) is 71.6 Å². The van der Waals surface area contributed by atoms with Crippen LogP contribution in [0.2, 0.25) is 0 Å². The largest absolute Gasteiger partial charge is 0.497 e. The lowest BCUT2D eigenvalue weighted by Crippen LogP contribution is -2.42. The van der Waals surface area contributed by atoms with Gasteiger partial charge in [0.2, 0.25) is 5.91 Å². The highest BCUT2D eigenvalue weighted by atomic mass is 16.5. The van der Waals surface area contributed by atoms with Gasteiger partial charge in [-0.3, -0.25) is 9.59 Å². The van der Waals surface area contributed by atoms with Gasteiger partial charge in [-0.2, -0.15) is 0 Å². The second-order valence-electron chi connectivity index (χ2n) is 11.6. The molecule has 0 saturated carbocycles. The molecule has 8 nitrogen and oxygen atoms in total. The van der Waals surface area contributed by atoms with Crippen molar-refractivity contribution in [2.75, 3.05) is 44.6 Å². The lowest BCUT2D eigenvalue weighted by Gasteiger charge is -2.38. The first-order chi connectivity index (χ1) is 20.2. The Morgan fingerprint density at radius 1 is 0.952 bits per heavy atom. The molecule has 1 unspecified atom stereocenters. The zero-order chi connectivity index (χ0) is 29.9. The van der Waals surface area contributed by atoms with Gasteiger partial charge in [0, 0.05) is 35.9 Å². The minimum Gasteiger partial charge on any atom is -0.497 e. The molecule has 1 aliphatic heterocycles. The number of amides is 1. The number of ether oxygens (including phenoxy) is 3. The summed E-state index contributed by atoms with van der Waals surface area (Å²) in [6, 6.07) is 20.8. The normalized spacial score (nSPS) is 17.4. The summed E-state index contributed by atoms with van der Waals surface area (Å²) in [6.07, 6.45) is 1.81. The van der Waals surface area contributed by atoms with Crippen LogP contribution in [-0.2, 0) is 16.0 Å². The summed E-state index contributed by atoms with van der Waals surface area (Å²) in [5, 5.41) is 6.68. The van der Waals surface area contributed by atoms with Gasteiger partial charge in [0.25, 0.3) is 0 Å². The molecule has 3 aromatic rings. The lowest BCUT2D eigenvalue weighted by atomic mass is 9.73. The molecular formula is C34H39N3O5. The molecule has 1 atom stereocenters. The van der Waals surface area contributed by atoms with E-state index in [0.717, 1.165) is 33.9 Å². The molecule has 42 heavy (non-hydrogen) atoms. The van der Waals surface area contributed by atoms with E-state index in [2.05, 4.69) is 24.5 Å². The van der Waals surface area contributed by atoms with Crippen LogP contribution in [0.4, 0.5) is 11.4 Å². The van der Waals surface area contributed by atoms with Crippen LogP contribution >= 0.6 is 0 Å². The van der Waals surface area contributed by atoms with E-state index in [1.165, 1.54) is 0 Å². The number of methoxy groups -OCH3 is 3. The van der Waals surface area contributed by atoms with Crippen LogP contribution in [0.15, 0.2) is 78.0 Å². The van der Waals surface area contributed by atoms with Crippen molar-refractivity contribution in [2.24, 2.45) is 5.41 Å². The maximum absolute atomic E-state index is 14.0. The minimum absolute atomic E-state index is 0.0502. The first-order valence-electron chi connectivity index (χ1n) is 14.2. The number of para-hydroxylation sites is 2. The van der Waals surface area contributed by atoms with Crippen LogP contribution in [0.25, 0.3) is 0 Å². The fourth-order valence-electron chi connectivity index (χ4n) is 5.94. The topological polar surface area (TPSA) is 89.1 Å². The van der Waals surface area contributed by atoms with Gasteiger partial charge in [-0.25, -0.2) is 0 Å². The molecule has 0 aromatic heterocycles.